The maximum Gasteiger partial charge on any atom is 0.416 e. The number of aromatic nitrogens is 1. The van der Waals surface area contributed by atoms with E-state index in [9.17, 15) is 27.2 Å². The molecular weight excluding hydrogens is 452 g/mol. The van der Waals surface area contributed by atoms with Crippen molar-refractivity contribution in [1.29, 1.82) is 0 Å². The van der Waals surface area contributed by atoms with Gasteiger partial charge in [-0.15, -0.1) is 0 Å². The van der Waals surface area contributed by atoms with Crippen molar-refractivity contribution in [3.05, 3.63) is 82.8 Å². The van der Waals surface area contributed by atoms with E-state index in [0.717, 1.165) is 5.56 Å². The molecule has 34 heavy (non-hydrogen) atoms. The van der Waals surface area contributed by atoms with Gasteiger partial charge in [-0.1, -0.05) is 32.0 Å². The Hall–Kier alpha value is -3.95. The van der Waals surface area contributed by atoms with Gasteiger partial charge in [0.05, 0.1) is 16.8 Å². The molecule has 0 bridgehead atoms. The van der Waals surface area contributed by atoms with Gasteiger partial charge in [0.25, 0.3) is 11.8 Å². The van der Waals surface area contributed by atoms with Crippen molar-refractivity contribution >= 4 is 29.0 Å². The quantitative estimate of drug-likeness (QED) is 0.399. The Kier molecular flexibility index (Phi) is 7.19. The van der Waals surface area contributed by atoms with Crippen LogP contribution in [0.2, 0.25) is 0 Å². The summed E-state index contributed by atoms with van der Waals surface area (Å²) in [7, 11) is 1.41. The van der Waals surface area contributed by atoms with Crippen LogP contribution < -0.4 is 16.0 Å². The molecule has 0 aliphatic carbocycles. The number of hydrogen-bond acceptors (Lipinski definition) is 4. The summed E-state index contributed by atoms with van der Waals surface area (Å²) in [5.41, 5.74) is -0.0429. The van der Waals surface area contributed by atoms with Crippen molar-refractivity contribution in [2.45, 2.75) is 25.9 Å². The smallest absolute Gasteiger partial charge is 0.355 e. The predicted octanol–water partition coefficient (Wildman–Crippen LogP) is 5.72. The molecule has 2 amide bonds. The second-order valence-electron chi connectivity index (χ2n) is 7.75. The number of hydrogen-bond donors (Lipinski definition) is 3. The van der Waals surface area contributed by atoms with E-state index in [0.29, 0.717) is 23.9 Å². The molecule has 178 valence electrons. The Balaban J connectivity index is 2.02. The second-order valence-corrected chi connectivity index (χ2v) is 7.75. The summed E-state index contributed by atoms with van der Waals surface area (Å²) < 4.78 is 53.0. The largest absolute Gasteiger partial charge is 0.416 e. The Bertz CT molecular complexity index is 1230. The average Bonchev–Trinajstić information content (AvgIpc) is 2.78. The van der Waals surface area contributed by atoms with Crippen LogP contribution in [0.15, 0.2) is 54.7 Å². The van der Waals surface area contributed by atoms with Crippen molar-refractivity contribution in [2.75, 3.05) is 17.7 Å². The van der Waals surface area contributed by atoms with E-state index in [4.69, 9.17) is 0 Å². The number of nitrogens with zero attached hydrogens (tertiary/aromatic N) is 1. The molecule has 6 nitrogen and oxygen atoms in total. The number of halogens is 4. The highest BCUT2D eigenvalue weighted by atomic mass is 19.4. The highest BCUT2D eigenvalue weighted by Gasteiger charge is 2.32. The first-order chi connectivity index (χ1) is 16.0. The molecule has 0 fully saturated rings. The summed E-state index contributed by atoms with van der Waals surface area (Å²) in [6.45, 7) is 3.99. The number of nitrogens with one attached hydrogen (secondary N) is 3. The summed E-state index contributed by atoms with van der Waals surface area (Å²) in [5.74, 6) is -2.38. The Morgan fingerprint density at radius 2 is 1.65 bits per heavy atom. The zero-order valence-corrected chi connectivity index (χ0v) is 18.5. The van der Waals surface area contributed by atoms with Gasteiger partial charge >= 0.3 is 6.18 Å². The first kappa shape index (κ1) is 24.7. The van der Waals surface area contributed by atoms with Gasteiger partial charge in [0.2, 0.25) is 0 Å². The van der Waals surface area contributed by atoms with Gasteiger partial charge in [0.1, 0.15) is 5.82 Å². The van der Waals surface area contributed by atoms with Gasteiger partial charge < -0.3 is 16.0 Å². The van der Waals surface area contributed by atoms with E-state index in [1.54, 1.807) is 12.1 Å². The molecule has 0 saturated heterocycles. The number of carbonyl (C=O) groups is 2. The predicted molar refractivity (Wildman–Crippen MR) is 121 cm³/mol. The van der Waals surface area contributed by atoms with Crippen LogP contribution in [0.25, 0.3) is 0 Å². The minimum Gasteiger partial charge on any atom is -0.355 e. The van der Waals surface area contributed by atoms with E-state index in [2.05, 4.69) is 20.9 Å². The van der Waals surface area contributed by atoms with Crippen molar-refractivity contribution in [3.8, 4) is 0 Å². The topological polar surface area (TPSA) is 83.1 Å². The van der Waals surface area contributed by atoms with Crippen LogP contribution in [0.3, 0.4) is 0 Å². The third kappa shape index (κ3) is 5.69. The highest BCUT2D eigenvalue weighted by molar-refractivity contribution is 6.07. The molecule has 3 aromatic rings. The summed E-state index contributed by atoms with van der Waals surface area (Å²) in [6.07, 6.45) is -3.54. The average molecular weight is 474 g/mol. The van der Waals surface area contributed by atoms with Crippen LogP contribution in [0.5, 0.6) is 0 Å². The molecule has 3 N–H and O–H groups in total. The number of amides is 2. The normalized spacial score (nSPS) is 11.3. The van der Waals surface area contributed by atoms with E-state index in [-0.39, 0.29) is 23.0 Å². The Labute approximate surface area is 193 Å². The third-order valence-electron chi connectivity index (χ3n) is 4.95. The monoisotopic (exact) mass is 474 g/mol. The zero-order valence-electron chi connectivity index (χ0n) is 18.5. The minimum atomic E-state index is -4.83. The van der Waals surface area contributed by atoms with Crippen molar-refractivity contribution in [3.63, 3.8) is 0 Å². The lowest BCUT2D eigenvalue weighted by Crippen LogP contribution is -2.20. The fourth-order valence-corrected chi connectivity index (χ4v) is 3.25. The summed E-state index contributed by atoms with van der Waals surface area (Å²) in [5, 5.41) is 7.97. The molecule has 0 saturated carbocycles. The maximum absolute atomic E-state index is 13.8. The molecule has 0 aliphatic rings. The Morgan fingerprint density at radius 3 is 2.29 bits per heavy atom. The lowest BCUT2D eigenvalue weighted by atomic mass is 10.0. The van der Waals surface area contributed by atoms with Crippen molar-refractivity contribution < 1.29 is 27.2 Å². The van der Waals surface area contributed by atoms with Gasteiger partial charge in [-0.3, -0.25) is 9.59 Å². The number of alkyl halides is 3. The maximum atomic E-state index is 13.8. The number of pyridine rings is 1. The molecule has 0 unspecified atom stereocenters. The summed E-state index contributed by atoms with van der Waals surface area (Å²) in [4.78, 5) is 29.1. The zero-order chi connectivity index (χ0) is 25.0. The number of para-hydroxylation sites is 1. The lowest BCUT2D eigenvalue weighted by Gasteiger charge is -2.17. The minimum absolute atomic E-state index is 0.0301. The third-order valence-corrected chi connectivity index (χ3v) is 4.95. The fourth-order valence-electron chi connectivity index (χ4n) is 3.25. The van der Waals surface area contributed by atoms with E-state index in [1.807, 2.05) is 26.0 Å². The molecule has 3 rings (SSSR count). The number of rotatable bonds is 6. The fraction of sp³-hybridized carbons (Fsp3) is 0.208. The molecule has 0 atom stereocenters. The van der Waals surface area contributed by atoms with Crippen LogP contribution in [-0.2, 0) is 6.18 Å². The second kappa shape index (κ2) is 9.90. The summed E-state index contributed by atoms with van der Waals surface area (Å²) >= 11 is 0. The van der Waals surface area contributed by atoms with Gasteiger partial charge in [-0.2, -0.15) is 13.2 Å². The molecule has 0 aliphatic heterocycles. The molecule has 10 heteroatoms. The van der Waals surface area contributed by atoms with Crippen LogP contribution >= 0.6 is 0 Å². The van der Waals surface area contributed by atoms with Crippen molar-refractivity contribution in [1.82, 2.24) is 10.3 Å². The first-order valence-corrected chi connectivity index (χ1v) is 10.3. The lowest BCUT2D eigenvalue weighted by molar-refractivity contribution is -0.137. The molecule has 0 radical (unpaired) electrons. The number of carbonyl (C=O) groups excluding carboxylic acids is 2. The highest BCUT2D eigenvalue weighted by Crippen LogP contribution is 2.32. The number of anilines is 3. The van der Waals surface area contributed by atoms with Gasteiger partial charge in [-0.25, -0.2) is 9.37 Å². The van der Waals surface area contributed by atoms with Gasteiger partial charge in [0, 0.05) is 24.5 Å². The van der Waals surface area contributed by atoms with E-state index < -0.39 is 34.9 Å². The van der Waals surface area contributed by atoms with Gasteiger partial charge in [-0.05, 0) is 41.8 Å². The van der Waals surface area contributed by atoms with E-state index >= 15 is 0 Å². The van der Waals surface area contributed by atoms with Crippen LogP contribution in [-0.4, -0.2) is 23.8 Å². The molecule has 0 spiro atoms. The van der Waals surface area contributed by atoms with Crippen LogP contribution in [0.4, 0.5) is 34.8 Å². The first-order valence-electron chi connectivity index (χ1n) is 10.3. The van der Waals surface area contributed by atoms with Gasteiger partial charge in [0.15, 0.2) is 5.82 Å². The Morgan fingerprint density at radius 1 is 0.941 bits per heavy atom. The molecular formula is C24H22F4N4O2. The standard InChI is InChI=1S/C24H22F4N4O2/c1-13(2)18-6-4-5-7-19(18)31-21-20(10-15(12-30-21)22(33)29-3)32-23(34)14-8-16(24(26,27)28)11-17(25)9-14/h4-13H,1-3H3,(H,29,33)(H,30,31)(H,32,34). The molecule has 1 aromatic heterocycles. The summed E-state index contributed by atoms with van der Waals surface area (Å²) in [6, 6.07) is 10.3. The molecule has 1 heterocycles. The SMILES string of the molecule is CNC(=O)c1cnc(Nc2ccccc2C(C)C)c(NC(=O)c2cc(F)cc(C(F)(F)F)c2)c1. The van der Waals surface area contributed by atoms with Crippen LogP contribution in [0, 0.1) is 5.82 Å². The number of benzene rings is 2. The van der Waals surface area contributed by atoms with Crippen LogP contribution in [0.1, 0.15) is 51.6 Å². The van der Waals surface area contributed by atoms with E-state index in [1.165, 1.54) is 19.3 Å². The van der Waals surface area contributed by atoms with Crippen molar-refractivity contribution in [2.24, 2.45) is 0 Å². The molecule has 2 aromatic carbocycles.